The molecule has 1 unspecified atom stereocenters. The number of benzene rings is 1. The van der Waals surface area contributed by atoms with Crippen molar-refractivity contribution < 1.29 is 23.4 Å². The Bertz CT molecular complexity index is 366. The van der Waals surface area contributed by atoms with Crippen molar-refractivity contribution in [2.24, 2.45) is 5.73 Å². The molecule has 4 N–H and O–H groups in total. The van der Waals surface area contributed by atoms with E-state index in [2.05, 4.69) is 0 Å². The van der Waals surface area contributed by atoms with E-state index in [1.54, 1.807) is 0 Å². The van der Waals surface area contributed by atoms with Gasteiger partial charge in [0.1, 0.15) is 5.75 Å². The Balaban J connectivity index is 3.18. The summed E-state index contributed by atoms with van der Waals surface area (Å²) in [5, 5.41) is 18.5. The zero-order chi connectivity index (χ0) is 12.3. The number of nitrogens with two attached hydrogens (primary N) is 1. The van der Waals surface area contributed by atoms with Crippen LogP contribution in [0.5, 0.6) is 5.75 Å². The number of rotatable bonds is 3. The van der Waals surface area contributed by atoms with E-state index >= 15 is 0 Å². The molecule has 0 aliphatic carbocycles. The largest absolute Gasteiger partial charge is 0.508 e. The van der Waals surface area contributed by atoms with Gasteiger partial charge >= 0.3 is 6.18 Å². The first kappa shape index (κ1) is 12.8. The van der Waals surface area contributed by atoms with E-state index in [4.69, 9.17) is 10.8 Å². The van der Waals surface area contributed by atoms with Crippen LogP contribution < -0.4 is 5.73 Å². The third-order valence-electron chi connectivity index (χ3n) is 2.14. The van der Waals surface area contributed by atoms with Gasteiger partial charge in [-0.05, 0) is 30.7 Å². The number of phenols is 1. The maximum absolute atomic E-state index is 12.6. The van der Waals surface area contributed by atoms with Crippen molar-refractivity contribution in [3.05, 3.63) is 29.3 Å². The quantitative estimate of drug-likeness (QED) is 0.748. The summed E-state index contributed by atoms with van der Waals surface area (Å²) in [6.45, 7) is 0.0827. The van der Waals surface area contributed by atoms with E-state index in [0.29, 0.717) is 6.07 Å². The van der Waals surface area contributed by atoms with Gasteiger partial charge in [-0.1, -0.05) is 6.07 Å². The summed E-state index contributed by atoms with van der Waals surface area (Å²) < 4.78 is 37.7. The molecule has 1 atom stereocenters. The fourth-order valence-electron chi connectivity index (χ4n) is 1.39. The first-order valence-electron chi connectivity index (χ1n) is 4.64. The molecule has 0 fully saturated rings. The highest BCUT2D eigenvalue weighted by atomic mass is 19.4. The maximum atomic E-state index is 12.6. The van der Waals surface area contributed by atoms with Gasteiger partial charge in [-0.3, -0.25) is 0 Å². The molecule has 0 heterocycles. The van der Waals surface area contributed by atoms with Gasteiger partial charge in [0.2, 0.25) is 0 Å². The molecule has 0 radical (unpaired) electrons. The molecule has 0 bridgehead atoms. The van der Waals surface area contributed by atoms with Crippen molar-refractivity contribution in [1.82, 2.24) is 0 Å². The summed E-state index contributed by atoms with van der Waals surface area (Å²) in [5.41, 5.74) is 3.86. The summed E-state index contributed by atoms with van der Waals surface area (Å²) in [7, 11) is 0. The number of alkyl halides is 3. The van der Waals surface area contributed by atoms with Gasteiger partial charge in [0.15, 0.2) is 0 Å². The summed E-state index contributed by atoms with van der Waals surface area (Å²) in [6, 6.07) is 2.75. The normalized spacial score (nSPS) is 13.8. The second-order valence-electron chi connectivity index (χ2n) is 3.36. The van der Waals surface area contributed by atoms with E-state index in [1.807, 2.05) is 0 Å². The molecule has 6 heteroatoms. The van der Waals surface area contributed by atoms with E-state index in [9.17, 15) is 18.3 Å². The molecule has 0 saturated carbocycles. The van der Waals surface area contributed by atoms with E-state index in [1.165, 1.54) is 0 Å². The molecule has 0 spiro atoms. The number of aromatic hydroxyl groups is 1. The highest BCUT2D eigenvalue weighted by Gasteiger charge is 2.35. The van der Waals surface area contributed by atoms with Crippen LogP contribution in [-0.2, 0) is 6.18 Å². The highest BCUT2D eigenvalue weighted by molar-refractivity contribution is 5.38. The van der Waals surface area contributed by atoms with Crippen LogP contribution >= 0.6 is 0 Å². The van der Waals surface area contributed by atoms with Crippen molar-refractivity contribution in [1.29, 1.82) is 0 Å². The van der Waals surface area contributed by atoms with Crippen molar-refractivity contribution in [3.63, 3.8) is 0 Å². The number of hydrogen-bond acceptors (Lipinski definition) is 3. The Kier molecular flexibility index (Phi) is 3.77. The lowest BCUT2D eigenvalue weighted by molar-refractivity contribution is -0.139. The molecule has 0 aromatic heterocycles. The molecule has 1 aromatic carbocycles. The molecular formula is C10H12F3NO2. The van der Waals surface area contributed by atoms with Crippen LogP contribution in [-0.4, -0.2) is 16.8 Å². The molecule has 1 aromatic rings. The number of hydrogen-bond donors (Lipinski definition) is 3. The van der Waals surface area contributed by atoms with Crippen LogP contribution in [0.15, 0.2) is 18.2 Å². The Morgan fingerprint density at radius 3 is 2.44 bits per heavy atom. The monoisotopic (exact) mass is 235 g/mol. The van der Waals surface area contributed by atoms with Crippen LogP contribution in [0.2, 0.25) is 0 Å². The lowest BCUT2D eigenvalue weighted by Gasteiger charge is -2.17. The van der Waals surface area contributed by atoms with Gasteiger partial charge in [0, 0.05) is 0 Å². The minimum Gasteiger partial charge on any atom is -0.508 e. The summed E-state index contributed by atoms with van der Waals surface area (Å²) in [5.74, 6) is -0.490. The Labute approximate surface area is 90.3 Å². The Morgan fingerprint density at radius 1 is 1.31 bits per heavy atom. The van der Waals surface area contributed by atoms with Gasteiger partial charge in [-0.2, -0.15) is 13.2 Å². The second kappa shape index (κ2) is 4.71. The van der Waals surface area contributed by atoms with E-state index in [0.717, 1.165) is 12.1 Å². The number of phenolic OH excluding ortho intramolecular Hbond substituents is 1. The van der Waals surface area contributed by atoms with Crippen molar-refractivity contribution in [3.8, 4) is 5.75 Å². The van der Waals surface area contributed by atoms with Gasteiger partial charge in [-0.15, -0.1) is 0 Å². The van der Waals surface area contributed by atoms with Crippen LogP contribution in [0, 0.1) is 0 Å². The minimum absolute atomic E-state index is 0.0356. The van der Waals surface area contributed by atoms with Crippen LogP contribution in [0.25, 0.3) is 0 Å². The van der Waals surface area contributed by atoms with Gasteiger partial charge in [0.05, 0.1) is 11.7 Å². The first-order chi connectivity index (χ1) is 7.36. The lowest BCUT2D eigenvalue weighted by atomic mass is 9.99. The predicted molar refractivity (Wildman–Crippen MR) is 51.7 cm³/mol. The third kappa shape index (κ3) is 2.86. The van der Waals surface area contributed by atoms with Gasteiger partial charge in [-0.25, -0.2) is 0 Å². The van der Waals surface area contributed by atoms with E-state index in [-0.39, 0.29) is 18.5 Å². The van der Waals surface area contributed by atoms with Gasteiger partial charge < -0.3 is 15.9 Å². The maximum Gasteiger partial charge on any atom is 0.416 e. The van der Waals surface area contributed by atoms with Crippen LogP contribution in [0.1, 0.15) is 23.7 Å². The molecular weight excluding hydrogens is 223 g/mol. The topological polar surface area (TPSA) is 66.5 Å². The predicted octanol–water partition coefficient (Wildman–Crippen LogP) is 1.79. The van der Waals surface area contributed by atoms with Crippen molar-refractivity contribution in [2.45, 2.75) is 18.7 Å². The Morgan fingerprint density at radius 2 is 1.94 bits per heavy atom. The molecule has 0 amide bonds. The van der Waals surface area contributed by atoms with Crippen molar-refractivity contribution >= 4 is 0 Å². The lowest BCUT2D eigenvalue weighted by Crippen LogP contribution is -2.14. The van der Waals surface area contributed by atoms with Crippen LogP contribution in [0.4, 0.5) is 13.2 Å². The molecule has 90 valence electrons. The summed E-state index contributed by atoms with van der Waals surface area (Å²) in [6.07, 6.45) is -5.85. The molecule has 0 saturated heterocycles. The molecule has 0 aliphatic heterocycles. The summed E-state index contributed by atoms with van der Waals surface area (Å²) >= 11 is 0. The summed E-state index contributed by atoms with van der Waals surface area (Å²) in [4.78, 5) is 0. The van der Waals surface area contributed by atoms with E-state index < -0.39 is 23.6 Å². The van der Waals surface area contributed by atoms with Crippen molar-refractivity contribution in [2.75, 3.05) is 6.54 Å². The third-order valence-corrected chi connectivity index (χ3v) is 2.14. The molecule has 3 nitrogen and oxygen atoms in total. The zero-order valence-corrected chi connectivity index (χ0v) is 8.33. The van der Waals surface area contributed by atoms with Gasteiger partial charge in [0.25, 0.3) is 0 Å². The average Bonchev–Trinajstić information content (AvgIpc) is 2.16. The number of aliphatic hydroxyl groups is 1. The van der Waals surface area contributed by atoms with Crippen LogP contribution in [0.3, 0.4) is 0 Å². The fraction of sp³-hybridized carbons (Fsp3) is 0.400. The fourth-order valence-corrected chi connectivity index (χ4v) is 1.39. The molecule has 1 rings (SSSR count). The zero-order valence-electron chi connectivity index (χ0n) is 8.33. The molecule has 16 heavy (non-hydrogen) atoms. The minimum atomic E-state index is -4.61. The first-order valence-corrected chi connectivity index (χ1v) is 4.64. The SMILES string of the molecule is NCCC(O)c1ccc(O)cc1C(F)(F)F. The second-order valence-corrected chi connectivity index (χ2v) is 3.36. The Hall–Kier alpha value is -1.27. The number of aliphatic hydroxyl groups excluding tert-OH is 1. The molecule has 0 aliphatic rings. The smallest absolute Gasteiger partial charge is 0.416 e. The number of halogens is 3. The highest BCUT2D eigenvalue weighted by Crippen LogP contribution is 2.37. The standard InChI is InChI=1S/C10H12F3NO2/c11-10(12,13)8-5-6(15)1-2-7(8)9(16)3-4-14/h1-2,5,9,15-16H,3-4,14H2. The average molecular weight is 235 g/mol.